The smallest absolute Gasteiger partial charge is 0.157 e. The van der Waals surface area contributed by atoms with E-state index in [1.54, 1.807) is 12.1 Å². The van der Waals surface area contributed by atoms with Crippen LogP contribution in [0.4, 0.5) is 0 Å². The van der Waals surface area contributed by atoms with Gasteiger partial charge in [-0.1, -0.05) is 18.7 Å². The van der Waals surface area contributed by atoms with Crippen LogP contribution in [0.15, 0.2) is 36.6 Å². The van der Waals surface area contributed by atoms with E-state index in [4.69, 9.17) is 14.9 Å². The quantitative estimate of drug-likeness (QED) is 0.659. The topological polar surface area (TPSA) is 66.8 Å². The number of ether oxygens (including phenoxy) is 1. The highest BCUT2D eigenvalue weighted by Gasteiger charge is 2.10. The second-order valence-corrected chi connectivity index (χ2v) is 3.34. The van der Waals surface area contributed by atoms with Crippen molar-refractivity contribution in [2.24, 2.45) is 0 Å². The van der Waals surface area contributed by atoms with Crippen LogP contribution in [0.5, 0.6) is 11.5 Å². The summed E-state index contributed by atoms with van der Waals surface area (Å²) in [6.07, 6.45) is 0.971. The van der Waals surface area contributed by atoms with E-state index >= 15 is 0 Å². The molecule has 0 aromatic heterocycles. The summed E-state index contributed by atoms with van der Waals surface area (Å²) < 4.78 is 4.93. The number of hydrogen-bond donors (Lipinski definition) is 2. The van der Waals surface area contributed by atoms with Crippen LogP contribution in [0, 0.1) is 0 Å². The highest BCUT2D eigenvalue weighted by molar-refractivity contribution is 5.81. The van der Waals surface area contributed by atoms with Crippen LogP contribution in [-0.4, -0.2) is 22.6 Å². The van der Waals surface area contributed by atoms with Crippen LogP contribution in [0.2, 0.25) is 0 Å². The zero-order valence-corrected chi connectivity index (χ0v) is 8.85. The van der Waals surface area contributed by atoms with Gasteiger partial charge in [-0.25, -0.2) is 0 Å². The second kappa shape index (κ2) is 5.80. The average Bonchev–Trinajstić information content (AvgIpc) is 2.23. The number of aromatic hydroxyl groups is 2. The molecule has 0 bridgehead atoms. The molecule has 1 aromatic carbocycles. The van der Waals surface area contributed by atoms with Crippen LogP contribution in [-0.2, 0) is 9.53 Å². The molecule has 4 heteroatoms. The van der Waals surface area contributed by atoms with Crippen LogP contribution in [0.3, 0.4) is 0 Å². The summed E-state index contributed by atoms with van der Waals surface area (Å²) in [5.41, 5.74) is 0. The second-order valence-electron chi connectivity index (χ2n) is 3.34. The molecule has 0 atom stereocenters. The van der Waals surface area contributed by atoms with E-state index in [1.165, 1.54) is 12.1 Å². The Hall–Kier alpha value is -1.97. The number of allylic oxidation sites excluding steroid dienone is 1. The Morgan fingerprint density at radius 1 is 1.19 bits per heavy atom. The summed E-state index contributed by atoms with van der Waals surface area (Å²) in [6.45, 7) is 4.05. The largest absolute Gasteiger partial charge is 0.504 e. The van der Waals surface area contributed by atoms with Gasteiger partial charge in [0.05, 0.1) is 18.8 Å². The molecule has 0 saturated carbocycles. The number of rotatable bonds is 0. The van der Waals surface area contributed by atoms with Crippen LogP contribution in [0.25, 0.3) is 0 Å². The standard InChI is InChI=1S/C6H8O2.C6H6O2/c1-5-4-6(7)2-3-8-5;7-5-3-1-2-4-6(5)8/h1-4H2;1-4,7-8H. The summed E-state index contributed by atoms with van der Waals surface area (Å²) in [5.74, 6) is 0.697. The Labute approximate surface area is 93.8 Å². The maximum Gasteiger partial charge on any atom is 0.157 e. The third-order valence-electron chi connectivity index (χ3n) is 1.96. The Balaban J connectivity index is 0.000000160. The molecular formula is C12H14O4. The van der Waals surface area contributed by atoms with E-state index in [-0.39, 0.29) is 17.3 Å². The Kier molecular flexibility index (Phi) is 4.39. The van der Waals surface area contributed by atoms with Crippen molar-refractivity contribution < 1.29 is 19.7 Å². The molecule has 0 radical (unpaired) electrons. The van der Waals surface area contributed by atoms with Gasteiger partial charge in [0.15, 0.2) is 11.5 Å². The number of benzene rings is 1. The normalized spacial score (nSPS) is 14.8. The lowest BCUT2D eigenvalue weighted by Gasteiger charge is -2.12. The third kappa shape index (κ3) is 4.04. The Morgan fingerprint density at radius 3 is 2.06 bits per heavy atom. The maximum absolute atomic E-state index is 10.5. The van der Waals surface area contributed by atoms with Crippen LogP contribution in [0.1, 0.15) is 12.8 Å². The number of ketones is 1. The number of phenols is 2. The minimum absolute atomic E-state index is 0.0764. The van der Waals surface area contributed by atoms with Gasteiger partial charge >= 0.3 is 0 Å². The van der Waals surface area contributed by atoms with Crippen molar-refractivity contribution in [3.63, 3.8) is 0 Å². The minimum Gasteiger partial charge on any atom is -0.504 e. The molecule has 1 aromatic rings. The fourth-order valence-corrected chi connectivity index (χ4v) is 1.13. The van der Waals surface area contributed by atoms with Gasteiger partial charge in [0.1, 0.15) is 5.78 Å². The molecule has 0 aliphatic carbocycles. The van der Waals surface area contributed by atoms with E-state index < -0.39 is 0 Å². The number of phenolic OH excluding ortho intramolecular Hbond substituents is 2. The minimum atomic E-state index is -0.0764. The van der Waals surface area contributed by atoms with Gasteiger partial charge < -0.3 is 14.9 Å². The van der Waals surface area contributed by atoms with Gasteiger partial charge in [0.25, 0.3) is 0 Å². The highest BCUT2D eigenvalue weighted by Crippen LogP contribution is 2.21. The molecule has 2 N–H and O–H groups in total. The van der Waals surface area contributed by atoms with Crippen LogP contribution < -0.4 is 0 Å². The predicted octanol–water partition coefficient (Wildman–Crippen LogP) is 1.98. The molecule has 16 heavy (non-hydrogen) atoms. The number of para-hydroxylation sites is 2. The molecule has 1 aliphatic rings. The zero-order chi connectivity index (χ0) is 12.0. The highest BCUT2D eigenvalue weighted by atomic mass is 16.5. The van der Waals surface area contributed by atoms with E-state index in [0.29, 0.717) is 25.2 Å². The molecule has 1 heterocycles. The van der Waals surface area contributed by atoms with Crippen molar-refractivity contribution in [1.29, 1.82) is 0 Å². The number of hydrogen-bond acceptors (Lipinski definition) is 4. The van der Waals surface area contributed by atoms with Gasteiger partial charge in [-0.3, -0.25) is 4.79 Å². The van der Waals surface area contributed by atoms with Crippen molar-refractivity contribution in [2.45, 2.75) is 12.8 Å². The molecule has 1 fully saturated rings. The molecule has 0 spiro atoms. The van der Waals surface area contributed by atoms with Crippen molar-refractivity contribution in [2.75, 3.05) is 6.61 Å². The summed E-state index contributed by atoms with van der Waals surface area (Å²) in [5, 5.41) is 17.3. The summed E-state index contributed by atoms with van der Waals surface area (Å²) >= 11 is 0. The summed E-state index contributed by atoms with van der Waals surface area (Å²) in [6, 6.07) is 6.15. The molecule has 1 aliphatic heterocycles. The predicted molar refractivity (Wildman–Crippen MR) is 59.1 cm³/mol. The van der Waals surface area contributed by atoms with Crippen molar-refractivity contribution in [3.8, 4) is 11.5 Å². The number of carbonyl (C=O) groups excluding carboxylic acids is 1. The Bertz CT molecular complexity index is 349. The Morgan fingerprint density at radius 2 is 1.75 bits per heavy atom. The summed E-state index contributed by atoms with van der Waals surface area (Å²) in [7, 11) is 0. The van der Waals surface area contributed by atoms with Crippen LogP contribution >= 0.6 is 0 Å². The molecule has 1 saturated heterocycles. The SMILES string of the molecule is C=C1CC(=O)CCO1.Oc1ccccc1O. The fraction of sp³-hybridized carbons (Fsp3) is 0.250. The first-order valence-corrected chi connectivity index (χ1v) is 4.89. The van der Waals surface area contributed by atoms with Gasteiger partial charge in [-0.05, 0) is 12.1 Å². The fourth-order valence-electron chi connectivity index (χ4n) is 1.13. The first kappa shape index (κ1) is 12.1. The lowest BCUT2D eigenvalue weighted by Crippen LogP contribution is -2.12. The molecule has 2 rings (SSSR count). The zero-order valence-electron chi connectivity index (χ0n) is 8.85. The first-order valence-electron chi connectivity index (χ1n) is 4.89. The first-order chi connectivity index (χ1) is 7.59. The maximum atomic E-state index is 10.5. The van der Waals surface area contributed by atoms with Crippen molar-refractivity contribution >= 4 is 5.78 Å². The molecular weight excluding hydrogens is 208 g/mol. The van der Waals surface area contributed by atoms with E-state index in [0.717, 1.165) is 0 Å². The monoisotopic (exact) mass is 222 g/mol. The van der Waals surface area contributed by atoms with Gasteiger partial charge in [-0.2, -0.15) is 0 Å². The lowest BCUT2D eigenvalue weighted by atomic mass is 10.2. The van der Waals surface area contributed by atoms with Crippen molar-refractivity contribution in [1.82, 2.24) is 0 Å². The van der Waals surface area contributed by atoms with E-state index in [2.05, 4.69) is 6.58 Å². The lowest BCUT2D eigenvalue weighted by molar-refractivity contribution is -0.121. The third-order valence-corrected chi connectivity index (χ3v) is 1.96. The van der Waals surface area contributed by atoms with Gasteiger partial charge in [0.2, 0.25) is 0 Å². The molecule has 0 unspecified atom stereocenters. The average molecular weight is 222 g/mol. The van der Waals surface area contributed by atoms with Crippen molar-refractivity contribution in [3.05, 3.63) is 36.6 Å². The molecule has 4 nitrogen and oxygen atoms in total. The van der Waals surface area contributed by atoms with E-state index in [9.17, 15) is 4.79 Å². The molecule has 0 amide bonds. The number of carbonyl (C=O) groups is 1. The number of Topliss-reactive ketones (excluding diaryl/α,β-unsaturated/α-hetero) is 1. The van der Waals surface area contributed by atoms with E-state index in [1.807, 2.05) is 0 Å². The van der Waals surface area contributed by atoms with Gasteiger partial charge in [0, 0.05) is 6.42 Å². The molecule has 86 valence electrons. The van der Waals surface area contributed by atoms with Gasteiger partial charge in [-0.15, -0.1) is 0 Å². The summed E-state index contributed by atoms with van der Waals surface area (Å²) in [4.78, 5) is 10.5.